The molecule has 3 N–H and O–H groups in total. The summed E-state index contributed by atoms with van der Waals surface area (Å²) in [6.07, 6.45) is 2.02. The molecule has 0 radical (unpaired) electrons. The van der Waals surface area contributed by atoms with Crippen molar-refractivity contribution in [3.63, 3.8) is 0 Å². The molecule has 0 bridgehead atoms. The van der Waals surface area contributed by atoms with E-state index < -0.39 is 0 Å². The van der Waals surface area contributed by atoms with Gasteiger partial charge in [0.2, 0.25) is 5.91 Å². The van der Waals surface area contributed by atoms with Crippen molar-refractivity contribution >= 4 is 11.6 Å². The van der Waals surface area contributed by atoms with Crippen LogP contribution >= 0.6 is 0 Å². The van der Waals surface area contributed by atoms with Gasteiger partial charge in [-0.3, -0.25) is 9.78 Å². The minimum Gasteiger partial charge on any atom is -0.327 e. The van der Waals surface area contributed by atoms with Crippen LogP contribution < -0.4 is 11.1 Å². The quantitative estimate of drug-likeness (QED) is 0.813. The first-order valence-electron chi connectivity index (χ1n) is 5.47. The van der Waals surface area contributed by atoms with Crippen LogP contribution in [0.25, 0.3) is 0 Å². The molecule has 0 aliphatic heterocycles. The highest BCUT2D eigenvalue weighted by Gasteiger charge is 2.12. The van der Waals surface area contributed by atoms with Crippen LogP contribution in [0.2, 0.25) is 0 Å². The van der Waals surface area contributed by atoms with Crippen molar-refractivity contribution in [1.29, 1.82) is 0 Å². The fourth-order valence-corrected chi connectivity index (χ4v) is 1.29. The summed E-state index contributed by atoms with van der Waals surface area (Å²) < 4.78 is 0. The Kier molecular flexibility index (Phi) is 4.43. The van der Waals surface area contributed by atoms with Gasteiger partial charge < -0.3 is 11.1 Å². The Balaban J connectivity index is 2.52. The molecular weight excluding hydrogens is 202 g/mol. The summed E-state index contributed by atoms with van der Waals surface area (Å²) in [5.74, 6) is 0.261. The Morgan fingerprint density at radius 1 is 1.56 bits per heavy atom. The van der Waals surface area contributed by atoms with Gasteiger partial charge in [0.05, 0.1) is 0 Å². The molecule has 1 heterocycles. The van der Waals surface area contributed by atoms with Gasteiger partial charge >= 0.3 is 0 Å². The fraction of sp³-hybridized carbons (Fsp3) is 0.500. The van der Waals surface area contributed by atoms with Crippen molar-refractivity contribution in [3.05, 3.63) is 24.0 Å². The number of carbonyl (C=O) groups is 1. The Morgan fingerprint density at radius 2 is 2.25 bits per heavy atom. The zero-order valence-electron chi connectivity index (χ0n) is 10.0. The van der Waals surface area contributed by atoms with Gasteiger partial charge in [-0.15, -0.1) is 0 Å². The minimum absolute atomic E-state index is 0.0493. The van der Waals surface area contributed by atoms with Crippen LogP contribution in [0.5, 0.6) is 0 Å². The van der Waals surface area contributed by atoms with Gasteiger partial charge in [-0.1, -0.05) is 13.8 Å². The Labute approximate surface area is 96.3 Å². The molecular formula is C12H19N3O. The first-order chi connectivity index (χ1) is 7.49. The maximum atomic E-state index is 11.6. The van der Waals surface area contributed by atoms with E-state index >= 15 is 0 Å². The molecule has 0 aromatic carbocycles. The molecule has 0 saturated carbocycles. The predicted molar refractivity (Wildman–Crippen MR) is 65.0 cm³/mol. The van der Waals surface area contributed by atoms with Crippen LogP contribution in [0.1, 0.15) is 26.0 Å². The van der Waals surface area contributed by atoms with E-state index in [1.807, 2.05) is 26.8 Å². The van der Waals surface area contributed by atoms with Crippen LogP contribution in [-0.4, -0.2) is 16.9 Å². The molecule has 16 heavy (non-hydrogen) atoms. The van der Waals surface area contributed by atoms with E-state index in [0.29, 0.717) is 12.3 Å². The van der Waals surface area contributed by atoms with Crippen molar-refractivity contribution in [2.75, 3.05) is 5.32 Å². The largest absolute Gasteiger partial charge is 0.327 e. The number of aryl methyl sites for hydroxylation is 1. The van der Waals surface area contributed by atoms with Crippen molar-refractivity contribution in [1.82, 2.24) is 4.98 Å². The second-order valence-electron chi connectivity index (χ2n) is 4.35. The normalized spacial score (nSPS) is 12.6. The zero-order chi connectivity index (χ0) is 12.1. The number of hydrogen-bond acceptors (Lipinski definition) is 3. The lowest BCUT2D eigenvalue weighted by atomic mass is 10.0. The summed E-state index contributed by atoms with van der Waals surface area (Å²) in [4.78, 5) is 15.7. The smallest absolute Gasteiger partial charge is 0.225 e. The highest BCUT2D eigenvalue weighted by atomic mass is 16.1. The molecule has 1 aromatic heterocycles. The van der Waals surface area contributed by atoms with Gasteiger partial charge in [-0.05, 0) is 25.0 Å². The fourth-order valence-electron chi connectivity index (χ4n) is 1.29. The molecule has 88 valence electrons. The molecule has 1 unspecified atom stereocenters. The van der Waals surface area contributed by atoms with Crippen LogP contribution in [0.4, 0.5) is 5.69 Å². The molecule has 1 aromatic rings. The first-order valence-corrected chi connectivity index (χ1v) is 5.47. The number of rotatable bonds is 4. The molecule has 1 amide bonds. The summed E-state index contributed by atoms with van der Waals surface area (Å²) in [7, 11) is 0. The van der Waals surface area contributed by atoms with Crippen LogP contribution in [0.3, 0.4) is 0 Å². The van der Waals surface area contributed by atoms with E-state index in [-0.39, 0.29) is 11.9 Å². The Hall–Kier alpha value is -1.42. The standard InChI is InChI=1S/C12H19N3O/c1-8(2)11(13)7-12(16)15-10-4-5-14-9(3)6-10/h4-6,8,11H,7,13H2,1-3H3,(H,14,15,16). The Bertz CT molecular complexity index is 363. The number of hydrogen-bond donors (Lipinski definition) is 2. The summed E-state index contributed by atoms with van der Waals surface area (Å²) in [6, 6.07) is 3.51. The molecule has 4 nitrogen and oxygen atoms in total. The number of amides is 1. The lowest BCUT2D eigenvalue weighted by Crippen LogP contribution is -2.31. The van der Waals surface area contributed by atoms with E-state index in [0.717, 1.165) is 11.4 Å². The number of anilines is 1. The minimum atomic E-state index is -0.0945. The molecule has 0 spiro atoms. The summed E-state index contributed by atoms with van der Waals surface area (Å²) in [5.41, 5.74) is 7.48. The summed E-state index contributed by atoms with van der Waals surface area (Å²) in [5, 5.41) is 2.81. The van der Waals surface area contributed by atoms with Crippen molar-refractivity contribution in [2.45, 2.75) is 33.2 Å². The van der Waals surface area contributed by atoms with E-state index in [2.05, 4.69) is 10.3 Å². The molecule has 0 aliphatic carbocycles. The van der Waals surface area contributed by atoms with Crippen molar-refractivity contribution in [3.8, 4) is 0 Å². The van der Waals surface area contributed by atoms with Gasteiger partial charge in [0, 0.05) is 30.0 Å². The van der Waals surface area contributed by atoms with Gasteiger partial charge in [0.25, 0.3) is 0 Å². The molecule has 0 saturated heterocycles. The third-order valence-electron chi connectivity index (χ3n) is 2.46. The second kappa shape index (κ2) is 5.61. The van der Waals surface area contributed by atoms with E-state index in [1.54, 1.807) is 12.3 Å². The van der Waals surface area contributed by atoms with Gasteiger partial charge in [0.15, 0.2) is 0 Å². The van der Waals surface area contributed by atoms with Gasteiger partial charge in [0.1, 0.15) is 0 Å². The molecule has 4 heteroatoms. The van der Waals surface area contributed by atoms with Crippen LogP contribution in [0.15, 0.2) is 18.3 Å². The third kappa shape index (κ3) is 3.98. The monoisotopic (exact) mass is 221 g/mol. The second-order valence-corrected chi connectivity index (χ2v) is 4.35. The molecule has 1 rings (SSSR count). The average Bonchev–Trinajstić information content (AvgIpc) is 2.16. The number of nitrogens with zero attached hydrogens (tertiary/aromatic N) is 1. The van der Waals surface area contributed by atoms with Crippen LogP contribution in [-0.2, 0) is 4.79 Å². The van der Waals surface area contributed by atoms with Crippen molar-refractivity contribution < 1.29 is 4.79 Å². The SMILES string of the molecule is Cc1cc(NC(=O)CC(N)C(C)C)ccn1. The van der Waals surface area contributed by atoms with E-state index in [4.69, 9.17) is 5.73 Å². The average molecular weight is 221 g/mol. The first kappa shape index (κ1) is 12.6. The van der Waals surface area contributed by atoms with E-state index in [1.165, 1.54) is 0 Å². The molecule has 0 aliphatic rings. The lowest BCUT2D eigenvalue weighted by molar-refractivity contribution is -0.116. The topological polar surface area (TPSA) is 68.0 Å². The lowest BCUT2D eigenvalue weighted by Gasteiger charge is -2.15. The number of nitrogens with one attached hydrogen (secondary N) is 1. The number of aromatic nitrogens is 1. The highest BCUT2D eigenvalue weighted by Crippen LogP contribution is 2.09. The third-order valence-corrected chi connectivity index (χ3v) is 2.46. The van der Waals surface area contributed by atoms with Gasteiger partial charge in [-0.2, -0.15) is 0 Å². The van der Waals surface area contributed by atoms with Crippen LogP contribution in [0, 0.1) is 12.8 Å². The highest BCUT2D eigenvalue weighted by molar-refractivity contribution is 5.91. The molecule has 1 atom stereocenters. The van der Waals surface area contributed by atoms with E-state index in [9.17, 15) is 4.79 Å². The summed E-state index contributed by atoms with van der Waals surface area (Å²) >= 11 is 0. The zero-order valence-corrected chi connectivity index (χ0v) is 10.0. The Morgan fingerprint density at radius 3 is 2.81 bits per heavy atom. The molecule has 0 fully saturated rings. The number of nitrogens with two attached hydrogens (primary N) is 1. The van der Waals surface area contributed by atoms with Gasteiger partial charge in [-0.25, -0.2) is 0 Å². The maximum Gasteiger partial charge on any atom is 0.225 e. The predicted octanol–water partition coefficient (Wildman–Crippen LogP) is 1.70. The van der Waals surface area contributed by atoms with Crippen molar-refractivity contribution in [2.24, 2.45) is 11.7 Å². The number of carbonyl (C=O) groups excluding carboxylic acids is 1. The maximum absolute atomic E-state index is 11.6. The summed E-state index contributed by atoms with van der Waals surface area (Å²) in [6.45, 7) is 5.90. The number of pyridine rings is 1.